The summed E-state index contributed by atoms with van der Waals surface area (Å²) in [6.45, 7) is 2.09. The lowest BCUT2D eigenvalue weighted by molar-refractivity contribution is 0.484. The highest BCUT2D eigenvalue weighted by Gasteiger charge is 2.22. The summed E-state index contributed by atoms with van der Waals surface area (Å²) < 4.78 is 7.95. The molecule has 0 fully saturated rings. The van der Waals surface area contributed by atoms with E-state index in [1.54, 1.807) is 12.1 Å². The summed E-state index contributed by atoms with van der Waals surface area (Å²) in [7, 11) is 0. The van der Waals surface area contributed by atoms with E-state index in [0.717, 1.165) is 34.8 Å². The van der Waals surface area contributed by atoms with Crippen molar-refractivity contribution in [2.45, 2.75) is 13.3 Å². The summed E-state index contributed by atoms with van der Waals surface area (Å²) >= 11 is 0. The van der Waals surface area contributed by atoms with Gasteiger partial charge in [0.05, 0.1) is 23.0 Å². The summed E-state index contributed by atoms with van der Waals surface area (Å²) in [5, 5.41) is 13.8. The standard InChI is InChI=1S/C18H13N3O/c1-2-13-10-16-14-5-3-4-6-17(14)22-18-9-12(11-19)7-8-15(18)21(16)20-13/h3-10H,2H2,1H3. The number of hydrogen-bond donors (Lipinski definition) is 0. The Morgan fingerprint density at radius 1 is 1.14 bits per heavy atom. The third kappa shape index (κ3) is 1.80. The molecule has 0 aliphatic carbocycles. The van der Waals surface area contributed by atoms with Crippen molar-refractivity contribution in [2.75, 3.05) is 0 Å². The van der Waals surface area contributed by atoms with E-state index in [1.165, 1.54) is 0 Å². The lowest BCUT2D eigenvalue weighted by Gasteiger charge is -2.09. The van der Waals surface area contributed by atoms with Gasteiger partial charge in [-0.3, -0.25) is 0 Å². The lowest BCUT2D eigenvalue weighted by atomic mass is 10.1. The molecule has 1 aliphatic heterocycles. The molecule has 0 saturated heterocycles. The minimum Gasteiger partial charge on any atom is -0.454 e. The molecule has 0 radical (unpaired) electrons. The van der Waals surface area contributed by atoms with Gasteiger partial charge in [-0.2, -0.15) is 10.4 Å². The summed E-state index contributed by atoms with van der Waals surface area (Å²) in [6.07, 6.45) is 0.870. The fourth-order valence-electron chi connectivity index (χ4n) is 2.70. The number of hydrogen-bond acceptors (Lipinski definition) is 3. The Morgan fingerprint density at radius 2 is 2.00 bits per heavy atom. The highest BCUT2D eigenvalue weighted by molar-refractivity contribution is 5.73. The van der Waals surface area contributed by atoms with Gasteiger partial charge < -0.3 is 4.74 Å². The SMILES string of the molecule is CCc1cc2n(n1)-c1ccc(C#N)cc1Oc1ccccc1-2. The predicted octanol–water partition coefficient (Wildman–Crippen LogP) is 4.08. The van der Waals surface area contributed by atoms with Crippen molar-refractivity contribution in [1.82, 2.24) is 9.78 Å². The second-order valence-corrected chi connectivity index (χ2v) is 5.18. The molecular formula is C18H13N3O. The van der Waals surface area contributed by atoms with E-state index in [-0.39, 0.29) is 0 Å². The number of rotatable bonds is 1. The molecule has 0 unspecified atom stereocenters. The molecule has 0 amide bonds. The van der Waals surface area contributed by atoms with Crippen LogP contribution in [0.5, 0.6) is 11.5 Å². The molecule has 0 atom stereocenters. The summed E-state index contributed by atoms with van der Waals surface area (Å²) in [5.74, 6) is 1.43. The topological polar surface area (TPSA) is 50.8 Å². The number of aromatic nitrogens is 2. The van der Waals surface area contributed by atoms with Crippen LogP contribution in [0, 0.1) is 11.3 Å². The normalized spacial score (nSPS) is 11.5. The zero-order valence-electron chi connectivity index (χ0n) is 12.1. The van der Waals surface area contributed by atoms with E-state index >= 15 is 0 Å². The molecule has 2 heterocycles. The van der Waals surface area contributed by atoms with Crippen LogP contribution in [0.4, 0.5) is 0 Å². The number of aryl methyl sites for hydroxylation is 1. The quantitative estimate of drug-likeness (QED) is 0.530. The Morgan fingerprint density at radius 3 is 2.82 bits per heavy atom. The molecule has 1 aromatic heterocycles. The van der Waals surface area contributed by atoms with Gasteiger partial charge in [-0.1, -0.05) is 19.1 Å². The van der Waals surface area contributed by atoms with Crippen LogP contribution in [0.2, 0.25) is 0 Å². The maximum atomic E-state index is 9.11. The second-order valence-electron chi connectivity index (χ2n) is 5.18. The minimum absolute atomic E-state index is 0.572. The highest BCUT2D eigenvalue weighted by atomic mass is 16.5. The molecule has 1 aliphatic rings. The van der Waals surface area contributed by atoms with Crippen LogP contribution in [-0.2, 0) is 6.42 Å². The monoisotopic (exact) mass is 287 g/mol. The van der Waals surface area contributed by atoms with Crippen LogP contribution in [0.1, 0.15) is 18.2 Å². The molecule has 2 aromatic carbocycles. The zero-order valence-corrected chi connectivity index (χ0v) is 12.1. The van der Waals surface area contributed by atoms with Gasteiger partial charge in [0, 0.05) is 11.6 Å². The van der Waals surface area contributed by atoms with E-state index in [4.69, 9.17) is 10.00 Å². The van der Waals surface area contributed by atoms with Crippen molar-refractivity contribution >= 4 is 0 Å². The average Bonchev–Trinajstić information content (AvgIpc) is 2.94. The summed E-state index contributed by atoms with van der Waals surface area (Å²) in [5.41, 5.74) is 4.47. The molecule has 0 N–H and O–H groups in total. The third-order valence-electron chi connectivity index (χ3n) is 3.82. The Bertz CT molecular complexity index is 918. The van der Waals surface area contributed by atoms with Crippen LogP contribution in [0.25, 0.3) is 16.9 Å². The molecular weight excluding hydrogens is 274 g/mol. The molecule has 106 valence electrons. The fourth-order valence-corrected chi connectivity index (χ4v) is 2.70. The first-order valence-electron chi connectivity index (χ1n) is 7.21. The van der Waals surface area contributed by atoms with E-state index in [9.17, 15) is 0 Å². The highest BCUT2D eigenvalue weighted by Crippen LogP contribution is 2.41. The molecule has 22 heavy (non-hydrogen) atoms. The fraction of sp³-hybridized carbons (Fsp3) is 0.111. The molecule has 4 nitrogen and oxygen atoms in total. The molecule has 4 rings (SSSR count). The Kier molecular flexibility index (Phi) is 2.73. The van der Waals surface area contributed by atoms with Crippen LogP contribution in [0.15, 0.2) is 48.5 Å². The smallest absolute Gasteiger partial charge is 0.154 e. The van der Waals surface area contributed by atoms with Gasteiger partial charge in [0.25, 0.3) is 0 Å². The first-order chi connectivity index (χ1) is 10.8. The van der Waals surface area contributed by atoms with Gasteiger partial charge in [-0.15, -0.1) is 0 Å². The van der Waals surface area contributed by atoms with Crippen LogP contribution < -0.4 is 4.74 Å². The van der Waals surface area contributed by atoms with E-state index < -0.39 is 0 Å². The Balaban J connectivity index is 2.06. The van der Waals surface area contributed by atoms with Crippen LogP contribution >= 0.6 is 0 Å². The first-order valence-corrected chi connectivity index (χ1v) is 7.21. The van der Waals surface area contributed by atoms with Gasteiger partial charge in [-0.05, 0) is 36.8 Å². The van der Waals surface area contributed by atoms with Crippen molar-refractivity contribution in [3.05, 3.63) is 59.8 Å². The molecule has 0 spiro atoms. The van der Waals surface area contributed by atoms with Gasteiger partial charge in [0.15, 0.2) is 5.75 Å². The van der Waals surface area contributed by atoms with Crippen molar-refractivity contribution < 1.29 is 4.74 Å². The number of fused-ring (bicyclic) bond motifs is 5. The van der Waals surface area contributed by atoms with E-state index in [2.05, 4.69) is 24.2 Å². The van der Waals surface area contributed by atoms with Gasteiger partial charge in [0.2, 0.25) is 0 Å². The van der Waals surface area contributed by atoms with Crippen molar-refractivity contribution in [2.24, 2.45) is 0 Å². The van der Waals surface area contributed by atoms with Gasteiger partial charge >= 0.3 is 0 Å². The summed E-state index contributed by atoms with van der Waals surface area (Å²) in [6, 6.07) is 17.6. The van der Waals surface area contributed by atoms with Gasteiger partial charge in [-0.25, -0.2) is 4.68 Å². The number of nitriles is 1. The van der Waals surface area contributed by atoms with E-state index in [0.29, 0.717) is 11.3 Å². The Labute approximate surface area is 128 Å². The maximum absolute atomic E-state index is 9.11. The van der Waals surface area contributed by atoms with Gasteiger partial charge in [0.1, 0.15) is 11.4 Å². The number of benzene rings is 2. The molecule has 4 heteroatoms. The number of nitrogens with zero attached hydrogens (tertiary/aromatic N) is 3. The average molecular weight is 287 g/mol. The zero-order chi connectivity index (χ0) is 15.1. The minimum atomic E-state index is 0.572. The molecule has 0 saturated carbocycles. The molecule has 3 aromatic rings. The number of para-hydroxylation sites is 1. The predicted molar refractivity (Wildman–Crippen MR) is 83.2 cm³/mol. The van der Waals surface area contributed by atoms with Crippen molar-refractivity contribution in [1.29, 1.82) is 5.26 Å². The van der Waals surface area contributed by atoms with Crippen LogP contribution in [0.3, 0.4) is 0 Å². The van der Waals surface area contributed by atoms with Crippen molar-refractivity contribution in [3.8, 4) is 34.5 Å². The van der Waals surface area contributed by atoms with E-state index in [1.807, 2.05) is 35.0 Å². The second kappa shape index (κ2) is 4.74. The van der Waals surface area contributed by atoms with Crippen molar-refractivity contribution in [3.63, 3.8) is 0 Å². The Hall–Kier alpha value is -3.06. The maximum Gasteiger partial charge on any atom is 0.154 e. The third-order valence-corrected chi connectivity index (χ3v) is 3.82. The van der Waals surface area contributed by atoms with Crippen LogP contribution in [-0.4, -0.2) is 9.78 Å². The molecule has 0 bridgehead atoms. The first kappa shape index (κ1) is 12.7. The summed E-state index contributed by atoms with van der Waals surface area (Å²) in [4.78, 5) is 0. The largest absolute Gasteiger partial charge is 0.454 e. The number of ether oxygens (including phenoxy) is 1. The lowest BCUT2D eigenvalue weighted by Crippen LogP contribution is -1.99.